The quantitative estimate of drug-likeness (QED) is 0.712. The highest BCUT2D eigenvalue weighted by Crippen LogP contribution is 2.32. The fraction of sp³-hybridized carbons (Fsp3) is 0.412. The van der Waals surface area contributed by atoms with E-state index in [2.05, 4.69) is 15.3 Å². The third-order valence-electron chi connectivity index (χ3n) is 4.80. The van der Waals surface area contributed by atoms with Gasteiger partial charge in [0.1, 0.15) is 12.9 Å². The molecule has 1 aliphatic rings. The van der Waals surface area contributed by atoms with Crippen molar-refractivity contribution in [2.45, 2.75) is 25.1 Å². The fourth-order valence-electron chi connectivity index (χ4n) is 3.45. The molecule has 1 amide bonds. The number of para-hydroxylation sites is 1. The van der Waals surface area contributed by atoms with Gasteiger partial charge in [-0.15, -0.1) is 10.2 Å². The molecule has 8 heteroatoms. The molecule has 0 N–H and O–H groups in total. The molecule has 0 bridgehead atoms. The number of benzene rings is 1. The van der Waals surface area contributed by atoms with Crippen molar-refractivity contribution in [2.24, 2.45) is 7.05 Å². The standard InChI is InChI=1S/C17H20N6O2/c1-21-11-18-20-17(21)15-7-13(25-2)9-22(15)16(24)10-23-14-6-4-3-5-12(14)8-19-23/h3-6,8,11,13,15H,7,9-10H2,1-2H3/t13-,15+/m1/s1. The highest BCUT2D eigenvalue weighted by Gasteiger charge is 2.38. The molecule has 0 aliphatic carbocycles. The first-order chi connectivity index (χ1) is 12.2. The first-order valence-electron chi connectivity index (χ1n) is 8.24. The molecule has 3 aromatic rings. The van der Waals surface area contributed by atoms with Gasteiger partial charge >= 0.3 is 0 Å². The lowest BCUT2D eigenvalue weighted by atomic mass is 10.2. The van der Waals surface area contributed by atoms with E-state index in [-0.39, 0.29) is 24.6 Å². The van der Waals surface area contributed by atoms with Gasteiger partial charge in [0.05, 0.1) is 23.9 Å². The Labute approximate surface area is 145 Å². The summed E-state index contributed by atoms with van der Waals surface area (Å²) in [6.07, 6.45) is 4.15. The van der Waals surface area contributed by atoms with E-state index in [0.717, 1.165) is 16.7 Å². The molecule has 0 unspecified atom stereocenters. The lowest BCUT2D eigenvalue weighted by Gasteiger charge is -2.23. The Morgan fingerprint density at radius 2 is 2.20 bits per heavy atom. The van der Waals surface area contributed by atoms with Gasteiger partial charge in [0.25, 0.3) is 0 Å². The van der Waals surface area contributed by atoms with Crippen LogP contribution in [0.2, 0.25) is 0 Å². The van der Waals surface area contributed by atoms with E-state index in [1.807, 2.05) is 40.8 Å². The van der Waals surface area contributed by atoms with E-state index >= 15 is 0 Å². The number of hydrogen-bond donors (Lipinski definition) is 0. The normalized spacial score (nSPS) is 20.5. The Kier molecular flexibility index (Phi) is 3.96. The first-order valence-corrected chi connectivity index (χ1v) is 8.24. The Balaban J connectivity index is 1.60. The summed E-state index contributed by atoms with van der Waals surface area (Å²) in [5.74, 6) is 0.777. The number of likely N-dealkylation sites (tertiary alicyclic amines) is 1. The molecule has 0 spiro atoms. The minimum Gasteiger partial charge on any atom is -0.380 e. The molecule has 0 radical (unpaired) electrons. The van der Waals surface area contributed by atoms with Gasteiger partial charge in [-0.2, -0.15) is 5.10 Å². The molecular weight excluding hydrogens is 320 g/mol. The molecule has 1 fully saturated rings. The number of hydrogen-bond acceptors (Lipinski definition) is 5. The van der Waals surface area contributed by atoms with Crippen molar-refractivity contribution in [3.05, 3.63) is 42.6 Å². The summed E-state index contributed by atoms with van der Waals surface area (Å²) in [7, 11) is 3.56. The van der Waals surface area contributed by atoms with Crippen LogP contribution in [0.15, 0.2) is 36.8 Å². The van der Waals surface area contributed by atoms with E-state index in [0.29, 0.717) is 13.0 Å². The number of ether oxygens (including phenoxy) is 1. The summed E-state index contributed by atoms with van der Waals surface area (Å²) in [6, 6.07) is 7.74. The molecule has 2 aromatic heterocycles. The summed E-state index contributed by atoms with van der Waals surface area (Å²) in [4.78, 5) is 14.8. The Bertz CT molecular complexity index is 901. The van der Waals surface area contributed by atoms with Crippen LogP contribution in [0.4, 0.5) is 0 Å². The van der Waals surface area contributed by atoms with Crippen molar-refractivity contribution in [2.75, 3.05) is 13.7 Å². The van der Waals surface area contributed by atoms with Crippen LogP contribution < -0.4 is 0 Å². The zero-order valence-corrected chi connectivity index (χ0v) is 14.2. The Morgan fingerprint density at radius 1 is 1.36 bits per heavy atom. The minimum atomic E-state index is -0.133. The molecule has 1 aliphatic heterocycles. The zero-order chi connectivity index (χ0) is 17.4. The molecule has 130 valence electrons. The van der Waals surface area contributed by atoms with E-state index in [1.54, 1.807) is 24.3 Å². The summed E-state index contributed by atoms with van der Waals surface area (Å²) in [5.41, 5.74) is 0.952. The van der Waals surface area contributed by atoms with Crippen LogP contribution >= 0.6 is 0 Å². The van der Waals surface area contributed by atoms with Gasteiger partial charge in [-0.25, -0.2) is 0 Å². The molecule has 0 saturated carbocycles. The Hall–Kier alpha value is -2.74. The lowest BCUT2D eigenvalue weighted by Crippen LogP contribution is -2.35. The van der Waals surface area contributed by atoms with Crippen LogP contribution in [0, 0.1) is 0 Å². The number of carbonyl (C=O) groups is 1. The highest BCUT2D eigenvalue weighted by molar-refractivity contribution is 5.82. The van der Waals surface area contributed by atoms with E-state index in [1.165, 1.54) is 0 Å². The molecule has 8 nitrogen and oxygen atoms in total. The SMILES string of the molecule is CO[C@@H]1C[C@@H](c2nncn2C)N(C(=O)Cn2ncc3ccccc32)C1. The van der Waals surface area contributed by atoms with Gasteiger partial charge in [0.2, 0.25) is 5.91 Å². The fourth-order valence-corrected chi connectivity index (χ4v) is 3.45. The topological polar surface area (TPSA) is 78.1 Å². The maximum Gasteiger partial charge on any atom is 0.245 e. The van der Waals surface area contributed by atoms with Crippen LogP contribution in [0.25, 0.3) is 10.9 Å². The number of aromatic nitrogens is 5. The van der Waals surface area contributed by atoms with Crippen LogP contribution in [0.5, 0.6) is 0 Å². The number of methoxy groups -OCH3 is 1. The van der Waals surface area contributed by atoms with Gasteiger partial charge < -0.3 is 14.2 Å². The maximum atomic E-state index is 13.0. The number of rotatable bonds is 4. The van der Waals surface area contributed by atoms with Crippen molar-refractivity contribution in [3.8, 4) is 0 Å². The second-order valence-corrected chi connectivity index (χ2v) is 6.32. The van der Waals surface area contributed by atoms with Crippen LogP contribution in [0.1, 0.15) is 18.3 Å². The number of fused-ring (bicyclic) bond motifs is 1. The smallest absolute Gasteiger partial charge is 0.245 e. The number of carbonyl (C=O) groups excluding carboxylic acids is 1. The lowest BCUT2D eigenvalue weighted by molar-refractivity contribution is -0.133. The van der Waals surface area contributed by atoms with E-state index < -0.39 is 0 Å². The second-order valence-electron chi connectivity index (χ2n) is 6.32. The number of nitrogens with zero attached hydrogens (tertiary/aromatic N) is 6. The first kappa shape index (κ1) is 15.8. The predicted octanol–water partition coefficient (Wildman–Crippen LogP) is 1.15. The van der Waals surface area contributed by atoms with Gasteiger partial charge in [-0.1, -0.05) is 18.2 Å². The molecule has 1 saturated heterocycles. The predicted molar refractivity (Wildman–Crippen MR) is 90.6 cm³/mol. The van der Waals surface area contributed by atoms with Crippen molar-refractivity contribution in [1.29, 1.82) is 0 Å². The average Bonchev–Trinajstić information content (AvgIpc) is 3.33. The van der Waals surface area contributed by atoms with Gasteiger partial charge in [0, 0.05) is 32.5 Å². The monoisotopic (exact) mass is 340 g/mol. The highest BCUT2D eigenvalue weighted by atomic mass is 16.5. The average molecular weight is 340 g/mol. The second kappa shape index (κ2) is 6.29. The third-order valence-corrected chi connectivity index (χ3v) is 4.80. The van der Waals surface area contributed by atoms with Crippen molar-refractivity contribution in [3.63, 3.8) is 0 Å². The summed E-state index contributed by atoms with van der Waals surface area (Å²) in [6.45, 7) is 0.740. The minimum absolute atomic E-state index is 0.0000144. The number of amides is 1. The molecule has 3 heterocycles. The molecular formula is C17H20N6O2. The van der Waals surface area contributed by atoms with Crippen LogP contribution in [-0.2, 0) is 23.1 Å². The van der Waals surface area contributed by atoms with Crippen LogP contribution in [-0.4, -0.2) is 55.1 Å². The maximum absolute atomic E-state index is 13.0. The summed E-state index contributed by atoms with van der Waals surface area (Å²) < 4.78 is 9.09. The van der Waals surface area contributed by atoms with Gasteiger partial charge in [-0.3, -0.25) is 9.48 Å². The molecule has 25 heavy (non-hydrogen) atoms. The van der Waals surface area contributed by atoms with Crippen molar-refractivity contribution in [1.82, 2.24) is 29.4 Å². The Morgan fingerprint density at radius 3 is 2.96 bits per heavy atom. The summed E-state index contributed by atoms with van der Waals surface area (Å²) >= 11 is 0. The van der Waals surface area contributed by atoms with Crippen molar-refractivity contribution >= 4 is 16.8 Å². The number of aryl methyl sites for hydroxylation is 1. The molecule has 1 aromatic carbocycles. The van der Waals surface area contributed by atoms with Gasteiger partial charge in [-0.05, 0) is 6.07 Å². The van der Waals surface area contributed by atoms with Gasteiger partial charge in [0.15, 0.2) is 5.82 Å². The van der Waals surface area contributed by atoms with Crippen molar-refractivity contribution < 1.29 is 9.53 Å². The summed E-state index contributed by atoms with van der Waals surface area (Å²) in [5, 5.41) is 13.5. The third kappa shape index (κ3) is 2.78. The zero-order valence-electron chi connectivity index (χ0n) is 14.2. The van der Waals surface area contributed by atoms with Crippen LogP contribution in [0.3, 0.4) is 0 Å². The van der Waals surface area contributed by atoms with E-state index in [4.69, 9.17) is 4.74 Å². The molecule has 4 rings (SSSR count). The van der Waals surface area contributed by atoms with E-state index in [9.17, 15) is 4.79 Å². The molecule has 2 atom stereocenters. The largest absolute Gasteiger partial charge is 0.380 e.